The summed E-state index contributed by atoms with van der Waals surface area (Å²) in [6.07, 6.45) is 2.79. The first kappa shape index (κ1) is 18.7. The van der Waals surface area contributed by atoms with Gasteiger partial charge in [0.15, 0.2) is 5.65 Å². The number of hydrogen-bond acceptors (Lipinski definition) is 6. The quantitative estimate of drug-likeness (QED) is 0.680. The van der Waals surface area contributed by atoms with Gasteiger partial charge in [0.1, 0.15) is 35.1 Å². The van der Waals surface area contributed by atoms with Crippen molar-refractivity contribution in [1.82, 2.24) is 19.9 Å². The van der Waals surface area contributed by atoms with Gasteiger partial charge in [-0.25, -0.2) is 13.9 Å². The van der Waals surface area contributed by atoms with Gasteiger partial charge in [-0.15, -0.1) is 0 Å². The molecule has 2 aromatic heterocycles. The molecule has 1 aliphatic rings. The summed E-state index contributed by atoms with van der Waals surface area (Å²) in [7, 11) is 0. The van der Waals surface area contributed by atoms with E-state index in [4.69, 9.17) is 4.74 Å². The van der Waals surface area contributed by atoms with Gasteiger partial charge in [-0.05, 0) is 32.0 Å². The van der Waals surface area contributed by atoms with Crippen molar-refractivity contribution in [2.24, 2.45) is 0 Å². The van der Waals surface area contributed by atoms with Crippen molar-refractivity contribution in [3.05, 3.63) is 53.1 Å². The zero-order chi connectivity index (χ0) is 20.5. The summed E-state index contributed by atoms with van der Waals surface area (Å²) in [6, 6.07) is 6.45. The molecule has 1 N–H and O–H groups in total. The predicted molar refractivity (Wildman–Crippen MR) is 103 cm³/mol. The molecule has 148 valence electrons. The minimum atomic E-state index is -0.599. The molecule has 0 spiro atoms. The van der Waals surface area contributed by atoms with Crippen molar-refractivity contribution >= 4 is 17.4 Å². The number of benzene rings is 1. The normalized spacial score (nSPS) is 16.8. The van der Waals surface area contributed by atoms with Gasteiger partial charge in [0.25, 0.3) is 5.91 Å². The number of rotatable bonds is 1. The fourth-order valence-electron chi connectivity index (χ4n) is 3.32. The monoisotopic (exact) mass is 394 g/mol. The van der Waals surface area contributed by atoms with Crippen LogP contribution in [0.5, 0.6) is 5.75 Å². The summed E-state index contributed by atoms with van der Waals surface area (Å²) in [5.41, 5.74) is 1.17. The Morgan fingerprint density at radius 3 is 3.00 bits per heavy atom. The SMILES string of the molecule is CCN1Cc2c(ccc(F)c2C#N)O[C@@H](C)CNC(=O)c2cnn3ccc1nc23. The second-order valence-electron chi connectivity index (χ2n) is 6.78. The van der Waals surface area contributed by atoms with Crippen molar-refractivity contribution in [3.63, 3.8) is 0 Å². The van der Waals surface area contributed by atoms with Gasteiger partial charge in [0.2, 0.25) is 0 Å². The Morgan fingerprint density at radius 2 is 2.24 bits per heavy atom. The Labute approximate surface area is 166 Å². The summed E-state index contributed by atoms with van der Waals surface area (Å²) in [6.45, 7) is 4.74. The molecule has 1 atom stereocenters. The molecule has 29 heavy (non-hydrogen) atoms. The highest BCUT2D eigenvalue weighted by Gasteiger charge is 2.22. The molecule has 4 rings (SSSR count). The van der Waals surface area contributed by atoms with Crippen LogP contribution >= 0.6 is 0 Å². The second kappa shape index (κ2) is 7.39. The molecule has 9 heteroatoms. The number of carbonyl (C=O) groups is 1. The van der Waals surface area contributed by atoms with E-state index in [0.717, 1.165) is 0 Å². The smallest absolute Gasteiger partial charge is 0.256 e. The van der Waals surface area contributed by atoms with E-state index in [0.29, 0.717) is 34.9 Å². The average molecular weight is 394 g/mol. The summed E-state index contributed by atoms with van der Waals surface area (Å²) in [5.74, 6) is 0.0875. The number of ether oxygens (including phenoxy) is 1. The first-order chi connectivity index (χ1) is 14.0. The van der Waals surface area contributed by atoms with Crippen LogP contribution < -0.4 is 15.0 Å². The molecule has 1 aromatic carbocycles. The van der Waals surface area contributed by atoms with Gasteiger partial charge in [0, 0.05) is 24.8 Å². The van der Waals surface area contributed by atoms with Crippen LogP contribution in [0.15, 0.2) is 30.6 Å². The van der Waals surface area contributed by atoms with E-state index in [1.54, 1.807) is 19.2 Å². The molecule has 0 saturated heterocycles. The van der Waals surface area contributed by atoms with Gasteiger partial charge in [-0.1, -0.05) is 0 Å². The predicted octanol–water partition coefficient (Wildman–Crippen LogP) is 2.28. The zero-order valence-electron chi connectivity index (χ0n) is 16.0. The topological polar surface area (TPSA) is 95.6 Å². The molecular weight excluding hydrogens is 375 g/mol. The first-order valence-electron chi connectivity index (χ1n) is 9.27. The number of nitriles is 1. The molecule has 8 nitrogen and oxygen atoms in total. The van der Waals surface area contributed by atoms with Gasteiger partial charge < -0.3 is 15.0 Å². The van der Waals surface area contributed by atoms with Crippen molar-refractivity contribution in [3.8, 4) is 11.8 Å². The maximum absolute atomic E-state index is 14.3. The molecule has 3 aromatic rings. The fraction of sp³-hybridized carbons (Fsp3) is 0.300. The van der Waals surface area contributed by atoms with Gasteiger partial charge in [0.05, 0.1) is 18.3 Å². The van der Waals surface area contributed by atoms with E-state index in [-0.39, 0.29) is 24.6 Å². The first-order valence-corrected chi connectivity index (χ1v) is 9.27. The minimum Gasteiger partial charge on any atom is -0.488 e. The lowest BCUT2D eigenvalue weighted by Gasteiger charge is -2.25. The summed E-state index contributed by atoms with van der Waals surface area (Å²) < 4.78 is 21.8. The lowest BCUT2D eigenvalue weighted by Crippen LogP contribution is -2.33. The van der Waals surface area contributed by atoms with Gasteiger partial charge >= 0.3 is 0 Å². The Hall–Kier alpha value is -3.67. The van der Waals surface area contributed by atoms with Crippen LogP contribution in [0.25, 0.3) is 5.65 Å². The molecule has 1 aliphatic heterocycles. The molecule has 0 radical (unpaired) electrons. The van der Waals surface area contributed by atoms with Crippen LogP contribution in [0.1, 0.15) is 35.3 Å². The van der Waals surface area contributed by atoms with Crippen LogP contribution in [0.4, 0.5) is 10.2 Å². The van der Waals surface area contributed by atoms with E-state index in [1.807, 2.05) is 17.9 Å². The number of nitrogens with one attached hydrogen (secondary N) is 1. The standard InChI is InChI=1S/C20H19FN6O2/c1-3-26-11-15-13(8-22)16(21)4-5-17(15)29-12(2)9-23-20(28)14-10-24-27-7-6-18(26)25-19(14)27/h4-7,10,12H,3,9,11H2,1-2H3,(H,23,28)/t12-/m0/s1. The third-order valence-electron chi connectivity index (χ3n) is 4.86. The number of fused-ring (bicyclic) bond motifs is 2. The number of nitrogens with zero attached hydrogens (tertiary/aromatic N) is 5. The fourth-order valence-corrected chi connectivity index (χ4v) is 3.32. The maximum atomic E-state index is 14.3. The average Bonchev–Trinajstić information content (AvgIpc) is 3.14. The lowest BCUT2D eigenvalue weighted by atomic mass is 10.1. The lowest BCUT2D eigenvalue weighted by molar-refractivity contribution is 0.0933. The molecule has 0 saturated carbocycles. The highest BCUT2D eigenvalue weighted by atomic mass is 19.1. The Balaban J connectivity index is 1.90. The largest absolute Gasteiger partial charge is 0.488 e. The van der Waals surface area contributed by atoms with E-state index in [1.165, 1.54) is 22.8 Å². The molecular formula is C20H19FN6O2. The van der Waals surface area contributed by atoms with Crippen molar-refractivity contribution in [1.29, 1.82) is 5.26 Å². The van der Waals surface area contributed by atoms with Gasteiger partial charge in [-0.2, -0.15) is 10.4 Å². The third-order valence-corrected chi connectivity index (χ3v) is 4.86. The summed E-state index contributed by atoms with van der Waals surface area (Å²) in [4.78, 5) is 19.1. The van der Waals surface area contributed by atoms with E-state index < -0.39 is 11.9 Å². The Kier molecular flexibility index (Phi) is 4.76. The number of hydrogen-bond donors (Lipinski definition) is 1. The molecule has 1 amide bonds. The van der Waals surface area contributed by atoms with E-state index in [9.17, 15) is 14.4 Å². The summed E-state index contributed by atoms with van der Waals surface area (Å²) >= 11 is 0. The van der Waals surface area contributed by atoms with Crippen LogP contribution in [0.3, 0.4) is 0 Å². The number of amides is 1. The molecule has 0 unspecified atom stereocenters. The van der Waals surface area contributed by atoms with Crippen LogP contribution in [0, 0.1) is 17.1 Å². The van der Waals surface area contributed by atoms with Crippen molar-refractivity contribution in [2.75, 3.05) is 18.0 Å². The van der Waals surface area contributed by atoms with Gasteiger partial charge in [-0.3, -0.25) is 4.79 Å². The van der Waals surface area contributed by atoms with Crippen molar-refractivity contribution < 1.29 is 13.9 Å². The Bertz CT molecular complexity index is 1140. The zero-order valence-corrected chi connectivity index (χ0v) is 16.0. The van der Waals surface area contributed by atoms with Crippen LogP contribution in [0.2, 0.25) is 0 Å². The number of carbonyl (C=O) groups excluding carboxylic acids is 1. The molecule has 0 fully saturated rings. The number of aromatic nitrogens is 3. The van der Waals surface area contributed by atoms with Crippen LogP contribution in [-0.2, 0) is 6.54 Å². The number of anilines is 1. The van der Waals surface area contributed by atoms with Crippen molar-refractivity contribution in [2.45, 2.75) is 26.5 Å². The van der Waals surface area contributed by atoms with Crippen LogP contribution in [-0.4, -0.2) is 39.7 Å². The van der Waals surface area contributed by atoms with E-state index >= 15 is 0 Å². The maximum Gasteiger partial charge on any atom is 0.256 e. The highest BCUT2D eigenvalue weighted by Crippen LogP contribution is 2.29. The molecule has 3 heterocycles. The second-order valence-corrected chi connectivity index (χ2v) is 6.78. The minimum absolute atomic E-state index is 0.0572. The third kappa shape index (κ3) is 3.33. The molecule has 2 bridgehead atoms. The number of halogens is 1. The highest BCUT2D eigenvalue weighted by molar-refractivity contribution is 5.99. The molecule has 0 aliphatic carbocycles. The Morgan fingerprint density at radius 1 is 1.41 bits per heavy atom. The van der Waals surface area contributed by atoms with E-state index in [2.05, 4.69) is 15.4 Å². The summed E-state index contributed by atoms with van der Waals surface area (Å²) in [5, 5.41) is 16.5.